The zero-order valence-corrected chi connectivity index (χ0v) is 16.2. The number of aryl methyl sites for hydroxylation is 1. The molecule has 29 heavy (non-hydrogen) atoms. The van der Waals surface area contributed by atoms with Gasteiger partial charge in [-0.3, -0.25) is 5.32 Å². The number of rotatable bonds is 6. The largest absolute Gasteiger partial charge is 0.464 e. The first kappa shape index (κ1) is 22.4. The lowest BCUT2D eigenvalue weighted by Crippen LogP contribution is -2.68. The van der Waals surface area contributed by atoms with Crippen molar-refractivity contribution in [2.24, 2.45) is 0 Å². The van der Waals surface area contributed by atoms with Crippen LogP contribution >= 0.6 is 11.6 Å². The molecular formula is C19H18ClF3N2O4. The smallest absolute Gasteiger partial charge is 0.460 e. The molecule has 2 N–H and O–H groups in total. The number of urea groups is 1. The number of nitrogens with one attached hydrogen (secondary N) is 2. The van der Waals surface area contributed by atoms with Crippen molar-refractivity contribution >= 4 is 29.3 Å². The zero-order chi connectivity index (χ0) is 21.7. The second-order valence-electron chi connectivity index (χ2n) is 5.86. The Balaban J connectivity index is 2.35. The molecule has 0 aliphatic carbocycles. The molecule has 156 valence electrons. The molecule has 2 aromatic rings. The predicted molar refractivity (Wildman–Crippen MR) is 101 cm³/mol. The zero-order valence-electron chi connectivity index (χ0n) is 15.5. The highest BCUT2D eigenvalue weighted by molar-refractivity contribution is 6.30. The Kier molecular flexibility index (Phi) is 6.97. The molecule has 0 spiro atoms. The molecule has 0 aliphatic rings. The van der Waals surface area contributed by atoms with Crippen molar-refractivity contribution in [3.63, 3.8) is 0 Å². The third-order valence-corrected chi connectivity index (χ3v) is 4.12. The number of hydrogen-bond donors (Lipinski definition) is 2. The van der Waals surface area contributed by atoms with Crippen molar-refractivity contribution in [3.05, 3.63) is 59.1 Å². The fourth-order valence-electron chi connectivity index (χ4n) is 2.33. The topological polar surface area (TPSA) is 76.7 Å². The summed E-state index contributed by atoms with van der Waals surface area (Å²) in [6, 6.07) is 9.89. The van der Waals surface area contributed by atoms with Crippen molar-refractivity contribution in [1.82, 2.24) is 5.32 Å². The molecule has 1 atom stereocenters. The standard InChI is InChI=1S/C19H18ClF3N2O4/c1-3-12-4-10-15(11-5-12)29-18(16(26)28-2,19(21,22)23)25-17(27)24-14-8-6-13(20)7-9-14/h4-11H,3H2,1-2H3,(H2,24,25,27). The van der Waals surface area contributed by atoms with Gasteiger partial charge in [0.05, 0.1) is 7.11 Å². The molecule has 10 heteroatoms. The van der Waals surface area contributed by atoms with E-state index in [1.165, 1.54) is 36.4 Å². The maximum absolute atomic E-state index is 13.9. The average molecular weight is 431 g/mol. The summed E-state index contributed by atoms with van der Waals surface area (Å²) < 4.78 is 51.0. The van der Waals surface area contributed by atoms with Crippen molar-refractivity contribution in [2.75, 3.05) is 12.4 Å². The summed E-state index contributed by atoms with van der Waals surface area (Å²) in [7, 11) is 0.755. The minimum absolute atomic E-state index is 0.153. The number of alkyl halides is 3. The fourth-order valence-corrected chi connectivity index (χ4v) is 2.46. The third kappa shape index (κ3) is 5.32. The van der Waals surface area contributed by atoms with Crippen LogP contribution in [0.25, 0.3) is 0 Å². The first-order chi connectivity index (χ1) is 13.6. The van der Waals surface area contributed by atoms with Gasteiger partial charge in [0, 0.05) is 10.7 Å². The molecule has 0 aliphatic heterocycles. The van der Waals surface area contributed by atoms with E-state index in [4.69, 9.17) is 16.3 Å². The van der Waals surface area contributed by atoms with Gasteiger partial charge in [-0.25, -0.2) is 9.59 Å². The Morgan fingerprint density at radius 3 is 2.10 bits per heavy atom. The molecule has 1 unspecified atom stereocenters. The Morgan fingerprint density at radius 2 is 1.62 bits per heavy atom. The molecular weight excluding hydrogens is 413 g/mol. The summed E-state index contributed by atoms with van der Waals surface area (Å²) >= 11 is 5.73. The molecule has 0 saturated carbocycles. The molecule has 0 radical (unpaired) electrons. The highest BCUT2D eigenvalue weighted by Crippen LogP contribution is 2.34. The Morgan fingerprint density at radius 1 is 1.03 bits per heavy atom. The molecule has 2 amide bonds. The normalized spacial score (nSPS) is 13.2. The van der Waals surface area contributed by atoms with E-state index in [2.05, 4.69) is 10.1 Å². The number of carbonyl (C=O) groups is 2. The molecule has 2 rings (SSSR count). The van der Waals surface area contributed by atoms with Crippen LogP contribution in [-0.2, 0) is 16.0 Å². The van der Waals surface area contributed by atoms with Gasteiger partial charge in [-0.1, -0.05) is 30.7 Å². The van der Waals surface area contributed by atoms with Gasteiger partial charge >= 0.3 is 23.9 Å². The number of benzene rings is 2. The second kappa shape index (κ2) is 9.04. The highest BCUT2D eigenvalue weighted by Gasteiger charge is 2.66. The van der Waals surface area contributed by atoms with Crippen LogP contribution in [0.5, 0.6) is 5.75 Å². The van der Waals surface area contributed by atoms with Crippen molar-refractivity contribution in [1.29, 1.82) is 0 Å². The van der Waals surface area contributed by atoms with Crippen molar-refractivity contribution < 1.29 is 32.2 Å². The summed E-state index contributed by atoms with van der Waals surface area (Å²) in [5.74, 6) is -2.12. The van der Waals surface area contributed by atoms with Gasteiger partial charge in [0.1, 0.15) is 5.75 Å². The number of hydrogen-bond acceptors (Lipinski definition) is 4. The molecule has 0 heterocycles. The number of amides is 2. The Hall–Kier alpha value is -2.94. The van der Waals surface area contributed by atoms with Gasteiger partial charge in [0.25, 0.3) is 0 Å². The molecule has 0 aromatic heterocycles. The summed E-state index contributed by atoms with van der Waals surface area (Å²) in [6.07, 6.45) is -4.68. The van der Waals surface area contributed by atoms with Crippen LogP contribution in [-0.4, -0.2) is 31.0 Å². The van der Waals surface area contributed by atoms with Crippen molar-refractivity contribution in [3.8, 4) is 5.75 Å². The monoisotopic (exact) mass is 430 g/mol. The maximum Gasteiger partial charge on any atom is 0.460 e. The first-order valence-electron chi connectivity index (χ1n) is 8.39. The quantitative estimate of drug-likeness (QED) is 0.521. The van der Waals surface area contributed by atoms with Crippen LogP contribution in [0.3, 0.4) is 0 Å². The maximum atomic E-state index is 13.9. The van der Waals surface area contributed by atoms with Gasteiger partial charge in [0.15, 0.2) is 0 Å². The number of ether oxygens (including phenoxy) is 2. The van der Waals surface area contributed by atoms with E-state index in [1.54, 1.807) is 17.4 Å². The number of methoxy groups -OCH3 is 1. The molecule has 0 bridgehead atoms. The van der Waals surface area contributed by atoms with Crippen molar-refractivity contribution in [2.45, 2.75) is 25.2 Å². The Bertz CT molecular complexity index is 857. The van der Waals surface area contributed by atoms with Crippen LogP contribution in [0.4, 0.5) is 23.7 Å². The van der Waals surface area contributed by atoms with E-state index in [-0.39, 0.29) is 11.4 Å². The molecule has 6 nitrogen and oxygen atoms in total. The summed E-state index contributed by atoms with van der Waals surface area (Å²) in [4.78, 5) is 24.3. The third-order valence-electron chi connectivity index (χ3n) is 3.87. The average Bonchev–Trinajstić information content (AvgIpc) is 2.68. The number of halogens is 4. The molecule has 0 saturated heterocycles. The van der Waals surface area contributed by atoms with E-state index >= 15 is 0 Å². The summed E-state index contributed by atoms with van der Waals surface area (Å²) in [5, 5.41) is 4.11. The van der Waals surface area contributed by atoms with E-state index in [9.17, 15) is 22.8 Å². The van der Waals surface area contributed by atoms with Crippen LogP contribution in [0, 0.1) is 0 Å². The van der Waals surface area contributed by atoms with Crippen LogP contribution < -0.4 is 15.4 Å². The first-order valence-corrected chi connectivity index (χ1v) is 8.77. The Labute approximate surface area is 169 Å². The van der Waals surface area contributed by atoms with Crippen LogP contribution in [0.1, 0.15) is 12.5 Å². The molecule has 0 fully saturated rings. The molecule has 2 aromatic carbocycles. The summed E-state index contributed by atoms with van der Waals surface area (Å²) in [6.45, 7) is 1.87. The highest BCUT2D eigenvalue weighted by atomic mass is 35.5. The van der Waals surface area contributed by atoms with E-state index in [1.807, 2.05) is 6.92 Å². The van der Waals surface area contributed by atoms with Gasteiger partial charge in [-0.15, -0.1) is 0 Å². The van der Waals surface area contributed by atoms with E-state index in [0.29, 0.717) is 11.4 Å². The number of anilines is 1. The van der Waals surface area contributed by atoms with Gasteiger partial charge < -0.3 is 14.8 Å². The lowest BCUT2D eigenvalue weighted by atomic mass is 10.1. The lowest BCUT2D eigenvalue weighted by molar-refractivity contribution is -0.258. The second-order valence-corrected chi connectivity index (χ2v) is 6.29. The SMILES string of the molecule is CCc1ccc(OC(NC(=O)Nc2ccc(Cl)cc2)(C(=O)OC)C(F)(F)F)cc1. The van der Waals surface area contributed by atoms with Crippen LogP contribution in [0.15, 0.2) is 48.5 Å². The minimum Gasteiger partial charge on any atom is -0.464 e. The number of esters is 1. The van der Waals surface area contributed by atoms with E-state index in [0.717, 1.165) is 12.7 Å². The predicted octanol–water partition coefficient (Wildman–Crippen LogP) is 4.53. The summed E-state index contributed by atoms with van der Waals surface area (Å²) in [5.41, 5.74) is -2.76. The number of carbonyl (C=O) groups excluding carboxylic acids is 2. The minimum atomic E-state index is -5.33. The van der Waals surface area contributed by atoms with E-state index < -0.39 is 23.9 Å². The lowest BCUT2D eigenvalue weighted by Gasteiger charge is -2.33. The van der Waals surface area contributed by atoms with Gasteiger partial charge in [-0.2, -0.15) is 13.2 Å². The van der Waals surface area contributed by atoms with Gasteiger partial charge in [-0.05, 0) is 48.4 Å². The van der Waals surface area contributed by atoms with Gasteiger partial charge in [0.2, 0.25) is 0 Å². The fraction of sp³-hybridized carbons (Fsp3) is 0.263. The van der Waals surface area contributed by atoms with Crippen LogP contribution in [0.2, 0.25) is 5.02 Å².